The maximum absolute atomic E-state index is 14.2. The molecule has 0 amide bonds. The monoisotopic (exact) mass is 416 g/mol. The zero-order chi connectivity index (χ0) is 20.7. The Morgan fingerprint density at radius 1 is 1.11 bits per heavy atom. The highest BCUT2D eigenvalue weighted by Crippen LogP contribution is 2.36. The predicted octanol–water partition coefficient (Wildman–Crippen LogP) is 4.88. The number of imidazole rings is 1. The van der Waals surface area contributed by atoms with E-state index in [9.17, 15) is 26.7 Å². The highest BCUT2D eigenvalue weighted by molar-refractivity contribution is 8.12. The molecule has 0 bridgehead atoms. The fourth-order valence-electron chi connectivity index (χ4n) is 2.66. The predicted molar refractivity (Wildman–Crippen MR) is 95.6 cm³/mol. The Morgan fingerprint density at radius 2 is 1.82 bits per heavy atom. The van der Waals surface area contributed by atoms with E-state index in [4.69, 9.17) is 0 Å². The maximum Gasteiger partial charge on any atom is 0.433 e. The van der Waals surface area contributed by atoms with E-state index in [2.05, 4.69) is 15.3 Å². The van der Waals surface area contributed by atoms with Gasteiger partial charge in [0.25, 0.3) is 0 Å². The van der Waals surface area contributed by atoms with E-state index >= 15 is 0 Å². The molecule has 1 N–H and O–H groups in total. The summed E-state index contributed by atoms with van der Waals surface area (Å²) in [7, 11) is 1.61. The van der Waals surface area contributed by atoms with E-state index in [1.54, 1.807) is 7.05 Å². The second-order valence-corrected chi connectivity index (χ2v) is 6.71. The van der Waals surface area contributed by atoms with Gasteiger partial charge in [0, 0.05) is 24.6 Å². The zero-order valence-corrected chi connectivity index (χ0v) is 15.3. The first-order valence-electron chi connectivity index (χ1n) is 7.83. The Hall–Kier alpha value is -2.69. The van der Waals surface area contributed by atoms with Gasteiger partial charge in [0.2, 0.25) is 0 Å². The number of halogens is 5. The van der Waals surface area contributed by atoms with Gasteiger partial charge >= 0.3 is 12.1 Å². The SMILES string of the molecule is CNc1ccc(-n2c(C(C)(F)F)nc3ccc(C(F)(F)F)nc32)cc1SC=O. The lowest BCUT2D eigenvalue weighted by Crippen LogP contribution is -2.16. The number of thioether (sulfide) groups is 1. The number of nitrogens with zero attached hydrogens (tertiary/aromatic N) is 3. The smallest absolute Gasteiger partial charge is 0.387 e. The van der Waals surface area contributed by atoms with E-state index in [1.807, 2.05) is 0 Å². The lowest BCUT2D eigenvalue weighted by Gasteiger charge is -2.16. The van der Waals surface area contributed by atoms with Gasteiger partial charge in [0.15, 0.2) is 17.1 Å². The summed E-state index contributed by atoms with van der Waals surface area (Å²) in [4.78, 5) is 18.6. The normalized spacial score (nSPS) is 12.4. The number of fused-ring (bicyclic) bond motifs is 1. The number of carbonyl (C=O) groups excluding carboxylic acids is 1. The van der Waals surface area contributed by atoms with Crippen LogP contribution in [-0.4, -0.2) is 27.2 Å². The summed E-state index contributed by atoms with van der Waals surface area (Å²) in [6.07, 6.45) is -4.74. The van der Waals surface area contributed by atoms with Crippen molar-refractivity contribution >= 4 is 34.2 Å². The van der Waals surface area contributed by atoms with Crippen molar-refractivity contribution in [3.05, 3.63) is 41.9 Å². The molecule has 0 aliphatic heterocycles. The Balaban J connectivity index is 2.34. The van der Waals surface area contributed by atoms with Crippen LogP contribution >= 0.6 is 11.8 Å². The average molecular weight is 416 g/mol. The maximum atomic E-state index is 14.2. The van der Waals surface area contributed by atoms with Crippen molar-refractivity contribution in [2.24, 2.45) is 0 Å². The van der Waals surface area contributed by atoms with Crippen LogP contribution in [0.25, 0.3) is 16.9 Å². The van der Waals surface area contributed by atoms with Crippen molar-refractivity contribution in [2.45, 2.75) is 23.9 Å². The Bertz CT molecular complexity index is 1040. The average Bonchev–Trinajstić information content (AvgIpc) is 3.00. The van der Waals surface area contributed by atoms with Crippen LogP contribution in [-0.2, 0) is 16.9 Å². The number of anilines is 1. The molecule has 0 atom stereocenters. The first kappa shape index (κ1) is 20.1. The Kier molecular flexibility index (Phi) is 5.04. The topological polar surface area (TPSA) is 59.8 Å². The van der Waals surface area contributed by atoms with E-state index in [1.165, 1.54) is 18.2 Å². The molecule has 0 saturated carbocycles. The molecule has 28 heavy (non-hydrogen) atoms. The second-order valence-electron chi connectivity index (χ2n) is 5.84. The van der Waals surface area contributed by atoms with Gasteiger partial charge in [-0.25, -0.2) is 9.97 Å². The van der Waals surface area contributed by atoms with Gasteiger partial charge < -0.3 is 5.32 Å². The molecule has 0 spiro atoms. The number of carbonyl (C=O) groups is 1. The van der Waals surface area contributed by atoms with Crippen LogP contribution < -0.4 is 5.32 Å². The fraction of sp³-hybridized carbons (Fsp3) is 0.235. The number of pyridine rings is 1. The number of benzene rings is 1. The summed E-state index contributed by atoms with van der Waals surface area (Å²) >= 11 is 0.799. The minimum absolute atomic E-state index is 0.105. The summed E-state index contributed by atoms with van der Waals surface area (Å²) in [6.45, 7) is 0.596. The lowest BCUT2D eigenvalue weighted by atomic mass is 10.2. The van der Waals surface area contributed by atoms with E-state index in [0.717, 1.165) is 22.4 Å². The van der Waals surface area contributed by atoms with Gasteiger partial charge in [-0.2, -0.15) is 22.0 Å². The highest BCUT2D eigenvalue weighted by atomic mass is 32.2. The Morgan fingerprint density at radius 3 is 2.39 bits per heavy atom. The van der Waals surface area contributed by atoms with E-state index in [-0.39, 0.29) is 16.9 Å². The van der Waals surface area contributed by atoms with Crippen LogP contribution in [0.5, 0.6) is 0 Å². The van der Waals surface area contributed by atoms with Crippen molar-refractivity contribution < 1.29 is 26.7 Å². The minimum atomic E-state index is -4.74. The van der Waals surface area contributed by atoms with Crippen LogP contribution in [0.2, 0.25) is 0 Å². The number of nitrogens with one attached hydrogen (secondary N) is 1. The number of hydrogen-bond donors (Lipinski definition) is 1. The molecule has 1 aromatic carbocycles. The van der Waals surface area contributed by atoms with Gasteiger partial charge in [0.1, 0.15) is 11.2 Å². The van der Waals surface area contributed by atoms with Crippen molar-refractivity contribution in [1.82, 2.24) is 14.5 Å². The largest absolute Gasteiger partial charge is 0.433 e. The molecule has 3 aromatic rings. The van der Waals surface area contributed by atoms with Crippen LogP contribution in [0.15, 0.2) is 35.2 Å². The molecule has 5 nitrogen and oxygen atoms in total. The molecule has 0 saturated heterocycles. The summed E-state index contributed by atoms with van der Waals surface area (Å²) < 4.78 is 68.4. The Labute approximate surface area is 160 Å². The molecular formula is C17H13F5N4OS. The highest BCUT2D eigenvalue weighted by Gasteiger charge is 2.36. The summed E-state index contributed by atoms with van der Waals surface area (Å²) in [5, 5.41) is 2.85. The summed E-state index contributed by atoms with van der Waals surface area (Å²) in [5.41, 5.74) is -0.464. The third kappa shape index (κ3) is 3.66. The molecular weight excluding hydrogens is 403 g/mol. The van der Waals surface area contributed by atoms with Crippen LogP contribution in [0, 0.1) is 0 Å². The van der Waals surface area contributed by atoms with Gasteiger partial charge in [-0.1, -0.05) is 11.8 Å². The third-order valence-electron chi connectivity index (χ3n) is 3.86. The molecule has 0 aliphatic rings. The number of rotatable bonds is 5. The van der Waals surface area contributed by atoms with Gasteiger partial charge in [-0.3, -0.25) is 9.36 Å². The molecule has 0 unspecified atom stereocenters. The standard InChI is InChI=1S/C17H13F5N4OS/c1-16(18,19)15-24-11-5-6-13(17(20,21)22)25-14(11)26(15)9-3-4-10(23-2)12(7-9)28-8-27/h3-8,23H,1-2H3. The van der Waals surface area contributed by atoms with Crippen LogP contribution in [0.3, 0.4) is 0 Å². The quantitative estimate of drug-likeness (QED) is 0.365. The molecule has 0 radical (unpaired) electrons. The molecule has 0 fully saturated rings. The van der Waals surface area contributed by atoms with Gasteiger partial charge in [-0.05, 0) is 30.3 Å². The van der Waals surface area contributed by atoms with Crippen molar-refractivity contribution in [2.75, 3.05) is 12.4 Å². The van der Waals surface area contributed by atoms with Crippen LogP contribution in [0.1, 0.15) is 18.4 Å². The van der Waals surface area contributed by atoms with Gasteiger partial charge in [-0.15, -0.1) is 0 Å². The zero-order valence-electron chi connectivity index (χ0n) is 14.5. The minimum Gasteiger partial charge on any atom is -0.387 e. The van der Waals surface area contributed by atoms with Crippen molar-refractivity contribution in [1.29, 1.82) is 0 Å². The number of aromatic nitrogens is 3. The van der Waals surface area contributed by atoms with Gasteiger partial charge in [0.05, 0.1) is 5.69 Å². The number of alkyl halides is 5. The molecule has 3 rings (SSSR count). The first-order chi connectivity index (χ1) is 13.1. The molecule has 0 aliphatic carbocycles. The van der Waals surface area contributed by atoms with Crippen molar-refractivity contribution in [3.63, 3.8) is 0 Å². The first-order valence-corrected chi connectivity index (χ1v) is 8.71. The van der Waals surface area contributed by atoms with Crippen molar-refractivity contribution in [3.8, 4) is 5.69 Å². The third-order valence-corrected chi connectivity index (χ3v) is 4.54. The van der Waals surface area contributed by atoms with E-state index in [0.29, 0.717) is 29.2 Å². The number of hydrogen-bond acceptors (Lipinski definition) is 5. The lowest BCUT2D eigenvalue weighted by molar-refractivity contribution is -0.141. The summed E-state index contributed by atoms with van der Waals surface area (Å²) in [5.74, 6) is -4.20. The molecule has 148 valence electrons. The molecule has 11 heteroatoms. The fourth-order valence-corrected chi connectivity index (χ4v) is 3.25. The van der Waals surface area contributed by atoms with E-state index < -0.39 is 23.6 Å². The van der Waals surface area contributed by atoms with Crippen LogP contribution in [0.4, 0.5) is 27.6 Å². The molecule has 2 aromatic heterocycles. The second kappa shape index (κ2) is 7.04. The molecule has 2 heterocycles. The summed E-state index contributed by atoms with van der Waals surface area (Å²) in [6, 6.07) is 6.05.